The number of hydrogen-bond donors (Lipinski definition) is 0. The molecule has 5 heteroatoms. The summed E-state index contributed by atoms with van der Waals surface area (Å²) < 4.78 is 13.5. The van der Waals surface area contributed by atoms with Gasteiger partial charge < -0.3 is 0 Å². The highest BCUT2D eigenvalue weighted by Gasteiger charge is 2.05. The lowest BCUT2D eigenvalue weighted by atomic mass is 10.3. The van der Waals surface area contributed by atoms with Crippen molar-refractivity contribution in [3.63, 3.8) is 0 Å². The molecule has 0 bridgehead atoms. The first-order valence-electron chi connectivity index (χ1n) is 4.95. The zero-order valence-corrected chi connectivity index (χ0v) is 9.99. The Morgan fingerprint density at radius 3 is 2.76 bits per heavy atom. The normalized spacial score (nSPS) is 11.5. The lowest BCUT2D eigenvalue weighted by Gasteiger charge is -2.02. The van der Waals surface area contributed by atoms with E-state index in [9.17, 15) is 4.39 Å². The molecule has 0 radical (unpaired) electrons. The summed E-state index contributed by atoms with van der Waals surface area (Å²) in [5.41, 5.74) is 1.01. The summed E-state index contributed by atoms with van der Waals surface area (Å²) in [6, 6.07) is 8.15. The lowest BCUT2D eigenvalue weighted by Crippen LogP contribution is -1.98. The van der Waals surface area contributed by atoms with Crippen LogP contribution in [0.2, 0.25) is 0 Å². The Kier molecular flexibility index (Phi) is 3.82. The first kappa shape index (κ1) is 11.7. The molecule has 2 rings (SSSR count). The van der Waals surface area contributed by atoms with Crippen LogP contribution >= 0.6 is 11.8 Å². The number of aromatic nitrogens is 2. The average molecular weight is 247 g/mol. The number of aliphatic imine (C=N–C) groups is 1. The summed E-state index contributed by atoms with van der Waals surface area (Å²) in [6.45, 7) is 0. The van der Waals surface area contributed by atoms with Gasteiger partial charge >= 0.3 is 0 Å². The van der Waals surface area contributed by atoms with Crippen molar-refractivity contribution in [3.8, 4) is 0 Å². The maximum Gasteiger partial charge on any atom is 0.148 e. The zero-order chi connectivity index (χ0) is 12.1. The van der Waals surface area contributed by atoms with Crippen LogP contribution in [-0.2, 0) is 0 Å². The van der Waals surface area contributed by atoms with E-state index < -0.39 is 0 Å². The van der Waals surface area contributed by atoms with Crippen molar-refractivity contribution >= 4 is 22.5 Å². The minimum Gasteiger partial charge on any atom is -0.245 e. The van der Waals surface area contributed by atoms with Crippen LogP contribution < -0.4 is 0 Å². The van der Waals surface area contributed by atoms with Crippen LogP contribution in [0.25, 0.3) is 0 Å². The third kappa shape index (κ3) is 2.88. The smallest absolute Gasteiger partial charge is 0.148 e. The quantitative estimate of drug-likeness (QED) is 0.604. The van der Waals surface area contributed by atoms with Crippen LogP contribution in [-0.4, -0.2) is 21.3 Å². The molecule has 0 amide bonds. The molecule has 1 aromatic carbocycles. The van der Waals surface area contributed by atoms with Gasteiger partial charge in [-0.05, 0) is 24.5 Å². The molecular weight excluding hydrogens is 237 g/mol. The molecule has 0 aliphatic heterocycles. The first-order chi connectivity index (χ1) is 8.31. The van der Waals surface area contributed by atoms with Crippen LogP contribution in [0, 0.1) is 5.82 Å². The number of halogens is 1. The van der Waals surface area contributed by atoms with Gasteiger partial charge in [0.1, 0.15) is 22.9 Å². The number of hydrogen-bond acceptors (Lipinski definition) is 4. The predicted octanol–water partition coefficient (Wildman–Crippen LogP) is 3.06. The molecule has 1 aromatic heterocycles. The molecule has 1 heterocycles. The maximum atomic E-state index is 13.5. The molecule has 0 spiro atoms. The Morgan fingerprint density at radius 1 is 1.29 bits per heavy atom. The number of para-hydroxylation sites is 1. The number of rotatable bonds is 2. The maximum absolute atomic E-state index is 13.5. The Bertz CT molecular complexity index is 528. The summed E-state index contributed by atoms with van der Waals surface area (Å²) >= 11 is 1.42. The Labute approximate surface area is 103 Å². The molecule has 0 N–H and O–H groups in total. The predicted molar refractivity (Wildman–Crippen MR) is 68.1 cm³/mol. The molecular formula is C12H10FN3S. The molecule has 0 saturated carbocycles. The third-order valence-corrected chi connectivity index (χ3v) is 2.76. The number of benzene rings is 1. The first-order valence-corrected chi connectivity index (χ1v) is 6.17. The van der Waals surface area contributed by atoms with Crippen LogP contribution in [0.15, 0.2) is 47.8 Å². The zero-order valence-electron chi connectivity index (χ0n) is 9.17. The van der Waals surface area contributed by atoms with E-state index in [2.05, 4.69) is 15.0 Å². The fourth-order valence-corrected chi connectivity index (χ4v) is 1.80. The van der Waals surface area contributed by atoms with Gasteiger partial charge in [0.25, 0.3) is 0 Å². The van der Waals surface area contributed by atoms with Gasteiger partial charge in [-0.1, -0.05) is 12.1 Å². The van der Waals surface area contributed by atoms with E-state index in [1.807, 2.05) is 6.26 Å². The molecule has 0 unspecified atom stereocenters. The van der Waals surface area contributed by atoms with Crippen LogP contribution in [0.3, 0.4) is 0 Å². The van der Waals surface area contributed by atoms with Gasteiger partial charge in [0.15, 0.2) is 0 Å². The van der Waals surface area contributed by atoms with E-state index in [0.717, 1.165) is 0 Å². The molecule has 17 heavy (non-hydrogen) atoms. The highest BCUT2D eigenvalue weighted by molar-refractivity contribution is 8.13. The van der Waals surface area contributed by atoms with Gasteiger partial charge in [0.2, 0.25) is 0 Å². The highest BCUT2D eigenvalue weighted by Crippen LogP contribution is 2.20. The van der Waals surface area contributed by atoms with E-state index in [-0.39, 0.29) is 5.82 Å². The van der Waals surface area contributed by atoms with Crippen molar-refractivity contribution < 1.29 is 4.39 Å². The molecule has 0 fully saturated rings. The van der Waals surface area contributed by atoms with Crippen molar-refractivity contribution in [3.05, 3.63) is 54.4 Å². The van der Waals surface area contributed by atoms with Crippen molar-refractivity contribution in [1.29, 1.82) is 0 Å². The van der Waals surface area contributed by atoms with E-state index in [4.69, 9.17) is 0 Å². The SMILES string of the molecule is CSC(=Nc1ccccc1F)c1ccncn1. The number of thioether (sulfide) groups is 1. The fraction of sp³-hybridized carbons (Fsp3) is 0.0833. The molecule has 86 valence electrons. The van der Waals surface area contributed by atoms with Gasteiger partial charge in [-0.3, -0.25) is 0 Å². The lowest BCUT2D eigenvalue weighted by molar-refractivity contribution is 0.630. The molecule has 2 aromatic rings. The standard InChI is InChI=1S/C12H10FN3S/c1-17-12(11-6-7-14-8-15-11)16-10-5-3-2-4-9(10)13/h2-8H,1H3. The van der Waals surface area contributed by atoms with E-state index >= 15 is 0 Å². The molecule has 0 aliphatic rings. The minimum absolute atomic E-state index is 0.315. The van der Waals surface area contributed by atoms with E-state index in [1.54, 1.807) is 30.5 Å². The number of nitrogens with zero attached hydrogens (tertiary/aromatic N) is 3. The van der Waals surface area contributed by atoms with Crippen LogP contribution in [0.1, 0.15) is 5.69 Å². The van der Waals surface area contributed by atoms with Gasteiger partial charge in [0.05, 0.1) is 5.69 Å². The monoisotopic (exact) mass is 247 g/mol. The topological polar surface area (TPSA) is 38.1 Å². The van der Waals surface area contributed by atoms with Crippen molar-refractivity contribution in [2.45, 2.75) is 0 Å². The molecule has 3 nitrogen and oxygen atoms in total. The summed E-state index contributed by atoms with van der Waals surface area (Å²) in [5.74, 6) is -0.340. The molecule has 0 aliphatic carbocycles. The molecule has 0 saturated heterocycles. The minimum atomic E-state index is -0.340. The van der Waals surface area contributed by atoms with E-state index in [1.165, 1.54) is 24.2 Å². The molecule has 0 atom stereocenters. The van der Waals surface area contributed by atoms with Gasteiger partial charge in [-0.15, -0.1) is 11.8 Å². The third-order valence-electron chi connectivity index (χ3n) is 2.07. The largest absolute Gasteiger partial charge is 0.245 e. The summed E-state index contributed by atoms with van der Waals surface area (Å²) in [6.07, 6.45) is 4.96. The van der Waals surface area contributed by atoms with Crippen LogP contribution in [0.4, 0.5) is 10.1 Å². The second kappa shape index (κ2) is 5.54. The Morgan fingerprint density at radius 2 is 2.12 bits per heavy atom. The van der Waals surface area contributed by atoms with Crippen molar-refractivity contribution in [1.82, 2.24) is 9.97 Å². The second-order valence-corrected chi connectivity index (χ2v) is 3.96. The van der Waals surface area contributed by atoms with Gasteiger partial charge in [-0.25, -0.2) is 19.4 Å². The van der Waals surface area contributed by atoms with Gasteiger partial charge in [-0.2, -0.15) is 0 Å². The Balaban J connectivity index is 2.40. The van der Waals surface area contributed by atoms with Crippen molar-refractivity contribution in [2.24, 2.45) is 4.99 Å². The van der Waals surface area contributed by atoms with Crippen molar-refractivity contribution in [2.75, 3.05) is 6.26 Å². The van der Waals surface area contributed by atoms with E-state index in [0.29, 0.717) is 16.4 Å². The summed E-state index contributed by atoms with van der Waals surface area (Å²) in [5, 5.41) is 0.664. The second-order valence-electron chi connectivity index (χ2n) is 3.17. The van der Waals surface area contributed by atoms with Crippen LogP contribution in [0.5, 0.6) is 0 Å². The van der Waals surface area contributed by atoms with Gasteiger partial charge in [0, 0.05) is 6.20 Å². The Hall–Kier alpha value is -1.75. The highest BCUT2D eigenvalue weighted by atomic mass is 32.2. The average Bonchev–Trinajstić information content (AvgIpc) is 2.39. The summed E-state index contributed by atoms with van der Waals surface area (Å²) in [4.78, 5) is 12.2. The fourth-order valence-electron chi connectivity index (χ4n) is 1.28. The summed E-state index contributed by atoms with van der Waals surface area (Å²) in [7, 11) is 0.